The zero-order chi connectivity index (χ0) is 11.5. The van der Waals surface area contributed by atoms with Gasteiger partial charge in [-0.05, 0) is 31.4 Å². The summed E-state index contributed by atoms with van der Waals surface area (Å²) in [6, 6.07) is 2.29. The highest BCUT2D eigenvalue weighted by atomic mass is 32.1. The van der Waals surface area contributed by atoms with E-state index in [0.717, 1.165) is 28.2 Å². The first kappa shape index (κ1) is 11.2. The van der Waals surface area contributed by atoms with Crippen LogP contribution in [0.1, 0.15) is 33.0 Å². The molecule has 1 aromatic heterocycles. The number of nitrogens with one attached hydrogen (secondary N) is 1. The highest BCUT2D eigenvalue weighted by molar-refractivity contribution is 7.14. The SMILES string of the molecule is Cc1cc(C(=O)NC2CC2)sc1C#CCN. The van der Waals surface area contributed by atoms with Crippen LogP contribution in [0.25, 0.3) is 0 Å². The average molecular weight is 234 g/mol. The van der Waals surface area contributed by atoms with E-state index >= 15 is 0 Å². The Morgan fingerprint density at radius 3 is 3.06 bits per heavy atom. The fourth-order valence-electron chi connectivity index (χ4n) is 1.33. The summed E-state index contributed by atoms with van der Waals surface area (Å²) in [5.41, 5.74) is 6.37. The number of amides is 1. The van der Waals surface area contributed by atoms with Crippen LogP contribution in [0.15, 0.2) is 6.07 Å². The molecule has 4 heteroatoms. The number of carbonyl (C=O) groups excluding carboxylic acids is 1. The van der Waals surface area contributed by atoms with Crippen molar-refractivity contribution in [2.24, 2.45) is 5.73 Å². The Hall–Kier alpha value is -1.31. The monoisotopic (exact) mass is 234 g/mol. The van der Waals surface area contributed by atoms with Crippen LogP contribution >= 0.6 is 11.3 Å². The topological polar surface area (TPSA) is 55.1 Å². The van der Waals surface area contributed by atoms with Crippen molar-refractivity contribution in [3.63, 3.8) is 0 Å². The number of carbonyl (C=O) groups is 1. The predicted molar refractivity (Wildman–Crippen MR) is 65.5 cm³/mol. The van der Waals surface area contributed by atoms with Gasteiger partial charge < -0.3 is 11.1 Å². The smallest absolute Gasteiger partial charge is 0.261 e. The highest BCUT2D eigenvalue weighted by Crippen LogP contribution is 2.23. The largest absolute Gasteiger partial charge is 0.349 e. The molecule has 1 aromatic rings. The van der Waals surface area contributed by atoms with Gasteiger partial charge in [-0.1, -0.05) is 11.8 Å². The summed E-state index contributed by atoms with van der Waals surface area (Å²) >= 11 is 1.44. The Kier molecular flexibility index (Phi) is 3.28. The Labute approximate surface area is 99.0 Å². The van der Waals surface area contributed by atoms with Crippen molar-refractivity contribution < 1.29 is 4.79 Å². The van der Waals surface area contributed by atoms with Gasteiger partial charge in [0.2, 0.25) is 0 Å². The Bertz CT molecular complexity index is 463. The summed E-state index contributed by atoms with van der Waals surface area (Å²) in [6.45, 7) is 2.31. The third kappa shape index (κ3) is 2.63. The van der Waals surface area contributed by atoms with Gasteiger partial charge >= 0.3 is 0 Å². The van der Waals surface area contributed by atoms with Gasteiger partial charge in [-0.2, -0.15) is 0 Å². The minimum Gasteiger partial charge on any atom is -0.349 e. The number of rotatable bonds is 2. The molecule has 0 bridgehead atoms. The second-order valence-corrected chi connectivity index (χ2v) is 4.93. The van der Waals surface area contributed by atoms with E-state index < -0.39 is 0 Å². The van der Waals surface area contributed by atoms with Crippen molar-refractivity contribution in [3.05, 3.63) is 21.4 Å². The second kappa shape index (κ2) is 4.69. The maximum Gasteiger partial charge on any atom is 0.261 e. The molecule has 0 radical (unpaired) electrons. The molecule has 3 nitrogen and oxygen atoms in total. The molecule has 84 valence electrons. The predicted octanol–water partition coefficient (Wildman–Crippen LogP) is 1.26. The summed E-state index contributed by atoms with van der Waals surface area (Å²) in [5.74, 6) is 5.81. The normalized spacial score (nSPS) is 14.1. The second-order valence-electron chi connectivity index (χ2n) is 3.88. The molecule has 0 aromatic carbocycles. The number of aryl methyl sites for hydroxylation is 1. The Morgan fingerprint density at radius 1 is 1.69 bits per heavy atom. The van der Waals surface area contributed by atoms with Crippen LogP contribution in [-0.4, -0.2) is 18.5 Å². The van der Waals surface area contributed by atoms with E-state index in [4.69, 9.17) is 5.73 Å². The molecule has 0 aliphatic heterocycles. The molecule has 1 amide bonds. The Morgan fingerprint density at radius 2 is 2.44 bits per heavy atom. The number of hydrogen-bond acceptors (Lipinski definition) is 3. The van der Waals surface area contributed by atoms with Crippen LogP contribution in [0.2, 0.25) is 0 Å². The average Bonchev–Trinajstić information content (AvgIpc) is 2.98. The molecule has 1 saturated carbocycles. The zero-order valence-electron chi connectivity index (χ0n) is 9.17. The molecule has 2 rings (SSSR count). The van der Waals surface area contributed by atoms with Gasteiger partial charge in [-0.25, -0.2) is 0 Å². The van der Waals surface area contributed by atoms with Crippen LogP contribution in [0.3, 0.4) is 0 Å². The molecule has 3 N–H and O–H groups in total. The molecule has 1 aliphatic carbocycles. The third-order valence-electron chi connectivity index (χ3n) is 2.36. The fourth-order valence-corrected chi connectivity index (χ4v) is 2.28. The standard InChI is InChI=1S/C12H14N2OS/c1-8-7-11(12(15)14-9-4-5-9)16-10(8)3-2-6-13/h7,9H,4-6,13H2,1H3,(H,14,15). The summed E-state index contributed by atoms with van der Waals surface area (Å²) in [4.78, 5) is 13.4. The van der Waals surface area contributed by atoms with Gasteiger partial charge in [0.15, 0.2) is 0 Å². The molecule has 0 atom stereocenters. The van der Waals surface area contributed by atoms with Crippen molar-refractivity contribution in [2.45, 2.75) is 25.8 Å². The lowest BCUT2D eigenvalue weighted by Gasteiger charge is -1.98. The lowest BCUT2D eigenvalue weighted by atomic mass is 10.2. The van der Waals surface area contributed by atoms with Gasteiger partial charge in [0.05, 0.1) is 16.3 Å². The van der Waals surface area contributed by atoms with Crippen molar-refractivity contribution in [2.75, 3.05) is 6.54 Å². The van der Waals surface area contributed by atoms with Crippen LogP contribution in [-0.2, 0) is 0 Å². The van der Waals surface area contributed by atoms with E-state index in [1.807, 2.05) is 13.0 Å². The molecular weight excluding hydrogens is 220 g/mol. The van der Waals surface area contributed by atoms with E-state index in [9.17, 15) is 4.79 Å². The van der Waals surface area contributed by atoms with E-state index in [1.54, 1.807) is 0 Å². The van der Waals surface area contributed by atoms with E-state index in [1.165, 1.54) is 11.3 Å². The van der Waals surface area contributed by atoms with Crippen LogP contribution in [0, 0.1) is 18.8 Å². The fraction of sp³-hybridized carbons (Fsp3) is 0.417. The van der Waals surface area contributed by atoms with Gasteiger partial charge in [0.25, 0.3) is 5.91 Å². The first-order valence-electron chi connectivity index (χ1n) is 5.31. The quantitative estimate of drug-likeness (QED) is 0.757. The maximum absolute atomic E-state index is 11.8. The molecule has 16 heavy (non-hydrogen) atoms. The lowest BCUT2D eigenvalue weighted by molar-refractivity contribution is 0.0955. The molecule has 1 aliphatic rings. The van der Waals surface area contributed by atoms with Gasteiger partial charge in [0.1, 0.15) is 0 Å². The Balaban J connectivity index is 2.12. The van der Waals surface area contributed by atoms with Crippen molar-refractivity contribution in [1.29, 1.82) is 0 Å². The number of nitrogens with two attached hydrogens (primary N) is 1. The number of hydrogen-bond donors (Lipinski definition) is 2. The van der Waals surface area contributed by atoms with Gasteiger partial charge in [-0.3, -0.25) is 4.79 Å². The molecule has 0 unspecified atom stereocenters. The third-order valence-corrected chi connectivity index (χ3v) is 3.51. The summed E-state index contributed by atoms with van der Waals surface area (Å²) < 4.78 is 0. The summed E-state index contributed by atoms with van der Waals surface area (Å²) in [5, 5.41) is 2.97. The molecule has 1 heterocycles. The molecule has 0 spiro atoms. The van der Waals surface area contributed by atoms with Crippen molar-refractivity contribution >= 4 is 17.2 Å². The van der Waals surface area contributed by atoms with Crippen molar-refractivity contribution in [1.82, 2.24) is 5.32 Å². The van der Waals surface area contributed by atoms with Crippen molar-refractivity contribution in [3.8, 4) is 11.8 Å². The first-order chi connectivity index (χ1) is 7.70. The van der Waals surface area contributed by atoms with Crippen LogP contribution in [0.4, 0.5) is 0 Å². The van der Waals surface area contributed by atoms with E-state index in [-0.39, 0.29) is 5.91 Å². The molecule has 0 saturated heterocycles. The minimum atomic E-state index is 0.0244. The maximum atomic E-state index is 11.8. The number of thiophene rings is 1. The lowest BCUT2D eigenvalue weighted by Crippen LogP contribution is -2.24. The summed E-state index contributed by atoms with van der Waals surface area (Å²) in [7, 11) is 0. The zero-order valence-corrected chi connectivity index (χ0v) is 9.99. The molecular formula is C12H14N2OS. The van der Waals surface area contributed by atoms with Crippen LogP contribution in [0.5, 0.6) is 0 Å². The van der Waals surface area contributed by atoms with Gasteiger partial charge in [0, 0.05) is 6.04 Å². The molecule has 1 fully saturated rings. The van der Waals surface area contributed by atoms with Crippen LogP contribution < -0.4 is 11.1 Å². The van der Waals surface area contributed by atoms with E-state index in [0.29, 0.717) is 12.6 Å². The van der Waals surface area contributed by atoms with E-state index in [2.05, 4.69) is 17.2 Å². The first-order valence-corrected chi connectivity index (χ1v) is 6.12. The minimum absolute atomic E-state index is 0.0244. The highest BCUT2D eigenvalue weighted by Gasteiger charge is 2.24. The van der Waals surface area contributed by atoms with Gasteiger partial charge in [-0.15, -0.1) is 11.3 Å². The summed E-state index contributed by atoms with van der Waals surface area (Å²) in [6.07, 6.45) is 2.21.